The van der Waals surface area contributed by atoms with Gasteiger partial charge in [0.25, 0.3) is 0 Å². The summed E-state index contributed by atoms with van der Waals surface area (Å²) in [6, 6.07) is 7.86. The molecule has 2 aliphatic heterocycles. The first kappa shape index (κ1) is 21.3. The minimum Gasteiger partial charge on any atom is -0.394 e. The number of rotatable bonds is 6. The van der Waals surface area contributed by atoms with Gasteiger partial charge >= 0.3 is 0 Å². The molecule has 32 heavy (non-hydrogen) atoms. The van der Waals surface area contributed by atoms with Crippen LogP contribution in [0.2, 0.25) is 0 Å². The van der Waals surface area contributed by atoms with E-state index in [0.29, 0.717) is 34.8 Å². The van der Waals surface area contributed by atoms with E-state index in [9.17, 15) is 9.32 Å². The molecule has 170 valence electrons. The number of fused-ring (bicyclic) bond motifs is 2. The fourth-order valence-electron chi connectivity index (χ4n) is 4.57. The van der Waals surface area contributed by atoms with Crippen molar-refractivity contribution in [2.24, 2.45) is 5.92 Å². The number of nitrogens with zero attached hydrogens (tertiary/aromatic N) is 4. The maximum absolute atomic E-state index is 12.6. The third-order valence-corrected chi connectivity index (χ3v) is 8.03. The summed E-state index contributed by atoms with van der Waals surface area (Å²) >= 11 is 0. The molecule has 0 radical (unpaired) electrons. The maximum Gasteiger partial charge on any atom is 0.227 e. The standard InChI is InChI=1S/C23H29N5O3S/c1-14(2)18(13-29)24-22-21-17(9-12-32(21)30)25-23(26-22)28-10-7-15(8-11-28)20-16-5-3-4-6-19(16)31-27-20/h3-6,14-15,18,29H,7-13H2,1-2H3,(H,24,25,26). The molecule has 0 spiro atoms. The third-order valence-electron chi connectivity index (χ3n) is 6.57. The van der Waals surface area contributed by atoms with Crippen LogP contribution in [0, 0.1) is 5.92 Å². The predicted octanol–water partition coefficient (Wildman–Crippen LogP) is 3.09. The summed E-state index contributed by atoms with van der Waals surface area (Å²) < 4.78 is 18.1. The van der Waals surface area contributed by atoms with Crippen LogP contribution in [0.3, 0.4) is 0 Å². The molecule has 1 fully saturated rings. The van der Waals surface area contributed by atoms with Crippen LogP contribution in [-0.4, -0.2) is 55.9 Å². The van der Waals surface area contributed by atoms with Gasteiger partial charge < -0.3 is 19.8 Å². The Morgan fingerprint density at radius 1 is 1.25 bits per heavy atom. The van der Waals surface area contributed by atoms with Gasteiger partial charge in [0, 0.05) is 36.6 Å². The van der Waals surface area contributed by atoms with Crippen molar-refractivity contribution in [2.75, 3.05) is 35.7 Å². The van der Waals surface area contributed by atoms with E-state index in [1.54, 1.807) is 0 Å². The summed E-state index contributed by atoms with van der Waals surface area (Å²) in [5, 5.41) is 18.6. The van der Waals surface area contributed by atoms with E-state index >= 15 is 0 Å². The molecule has 2 atom stereocenters. The molecule has 1 saturated heterocycles. The van der Waals surface area contributed by atoms with Crippen molar-refractivity contribution >= 4 is 33.5 Å². The van der Waals surface area contributed by atoms with Crippen molar-refractivity contribution < 1.29 is 13.8 Å². The Hall–Kier alpha value is -2.52. The number of aryl methyl sites for hydroxylation is 1. The van der Waals surface area contributed by atoms with Gasteiger partial charge in [0.15, 0.2) is 5.58 Å². The lowest BCUT2D eigenvalue weighted by Crippen LogP contribution is -2.35. The van der Waals surface area contributed by atoms with Crippen LogP contribution < -0.4 is 10.2 Å². The van der Waals surface area contributed by atoms with Crippen LogP contribution in [0.15, 0.2) is 33.7 Å². The molecule has 4 heterocycles. The number of benzene rings is 1. The number of piperidine rings is 1. The summed E-state index contributed by atoms with van der Waals surface area (Å²) in [5.41, 5.74) is 2.73. The highest BCUT2D eigenvalue weighted by Crippen LogP contribution is 2.35. The number of hydrogen-bond acceptors (Lipinski definition) is 8. The largest absolute Gasteiger partial charge is 0.394 e. The van der Waals surface area contributed by atoms with Gasteiger partial charge in [-0.1, -0.05) is 31.1 Å². The zero-order chi connectivity index (χ0) is 22.2. The first-order valence-corrected chi connectivity index (χ1v) is 12.6. The molecule has 5 rings (SSSR count). The molecule has 0 aliphatic carbocycles. The number of aliphatic hydroxyl groups is 1. The van der Waals surface area contributed by atoms with E-state index in [1.807, 2.05) is 32.0 Å². The van der Waals surface area contributed by atoms with Gasteiger partial charge in [-0.3, -0.25) is 4.21 Å². The van der Waals surface area contributed by atoms with E-state index < -0.39 is 10.8 Å². The highest BCUT2D eigenvalue weighted by atomic mass is 32.2. The Labute approximate surface area is 189 Å². The van der Waals surface area contributed by atoms with Crippen LogP contribution in [-0.2, 0) is 17.2 Å². The van der Waals surface area contributed by atoms with Crippen LogP contribution in [0.1, 0.15) is 44.0 Å². The second kappa shape index (κ2) is 8.78. The molecule has 3 aromatic rings. The molecule has 0 amide bonds. The molecule has 2 aliphatic rings. The SMILES string of the molecule is CC(C)C(CO)Nc1nc(N2CCC(c3noc4ccccc34)CC2)nc2c1S(=O)CC2. The van der Waals surface area contributed by atoms with Gasteiger partial charge in [0.05, 0.1) is 34.8 Å². The minimum absolute atomic E-state index is 0.00450. The molecule has 2 aromatic heterocycles. The normalized spacial score (nSPS) is 20.1. The Morgan fingerprint density at radius 3 is 2.78 bits per heavy atom. The number of nitrogens with one attached hydrogen (secondary N) is 1. The number of para-hydroxylation sites is 1. The first-order valence-electron chi connectivity index (χ1n) is 11.3. The van der Waals surface area contributed by atoms with Crippen LogP contribution >= 0.6 is 0 Å². The molecule has 8 nitrogen and oxygen atoms in total. The van der Waals surface area contributed by atoms with Crippen molar-refractivity contribution in [2.45, 2.75) is 50.0 Å². The van der Waals surface area contributed by atoms with Gasteiger partial charge in [-0.25, -0.2) is 4.98 Å². The maximum atomic E-state index is 12.6. The van der Waals surface area contributed by atoms with E-state index in [2.05, 4.69) is 21.4 Å². The van der Waals surface area contributed by atoms with E-state index in [1.165, 1.54) is 0 Å². The molecule has 0 saturated carbocycles. The molecule has 0 bridgehead atoms. The Balaban J connectivity index is 1.37. The van der Waals surface area contributed by atoms with Gasteiger partial charge in [0.2, 0.25) is 5.95 Å². The second-order valence-electron chi connectivity index (χ2n) is 8.95. The summed E-state index contributed by atoms with van der Waals surface area (Å²) in [4.78, 5) is 12.5. The number of aromatic nitrogens is 3. The number of aliphatic hydroxyl groups excluding tert-OH is 1. The average Bonchev–Trinajstić information content (AvgIpc) is 3.41. The zero-order valence-electron chi connectivity index (χ0n) is 18.5. The minimum atomic E-state index is -1.10. The van der Waals surface area contributed by atoms with E-state index in [0.717, 1.165) is 48.3 Å². The molecular weight excluding hydrogens is 426 g/mol. The summed E-state index contributed by atoms with van der Waals surface area (Å²) in [6.45, 7) is 5.73. The van der Waals surface area contributed by atoms with Crippen molar-refractivity contribution in [3.8, 4) is 0 Å². The molecule has 9 heteroatoms. The van der Waals surface area contributed by atoms with Crippen molar-refractivity contribution in [1.29, 1.82) is 0 Å². The highest BCUT2D eigenvalue weighted by molar-refractivity contribution is 7.85. The predicted molar refractivity (Wildman–Crippen MR) is 125 cm³/mol. The zero-order valence-corrected chi connectivity index (χ0v) is 19.3. The van der Waals surface area contributed by atoms with Crippen LogP contribution in [0.5, 0.6) is 0 Å². The highest BCUT2D eigenvalue weighted by Gasteiger charge is 2.31. The Morgan fingerprint density at radius 2 is 2.03 bits per heavy atom. The van der Waals surface area contributed by atoms with Crippen molar-refractivity contribution in [3.05, 3.63) is 35.7 Å². The van der Waals surface area contributed by atoms with Crippen molar-refractivity contribution in [1.82, 2.24) is 15.1 Å². The Kier molecular flexibility index (Phi) is 5.86. The fraction of sp³-hybridized carbons (Fsp3) is 0.522. The smallest absolute Gasteiger partial charge is 0.227 e. The first-order chi connectivity index (χ1) is 15.5. The molecular formula is C23H29N5O3S. The van der Waals surface area contributed by atoms with E-state index in [-0.39, 0.29) is 18.6 Å². The van der Waals surface area contributed by atoms with Gasteiger partial charge in [-0.15, -0.1) is 0 Å². The summed E-state index contributed by atoms with van der Waals surface area (Å²) in [7, 11) is -1.10. The molecule has 2 N–H and O–H groups in total. The second-order valence-corrected chi connectivity index (χ2v) is 10.5. The topological polar surface area (TPSA) is 104 Å². The third kappa shape index (κ3) is 3.88. The average molecular weight is 456 g/mol. The fourth-order valence-corrected chi connectivity index (χ4v) is 5.89. The molecule has 1 aromatic carbocycles. The molecule has 2 unspecified atom stereocenters. The lowest BCUT2D eigenvalue weighted by Gasteiger charge is -2.32. The lowest BCUT2D eigenvalue weighted by atomic mass is 9.92. The Bertz CT molecular complexity index is 1140. The van der Waals surface area contributed by atoms with Crippen LogP contribution in [0.4, 0.5) is 11.8 Å². The lowest BCUT2D eigenvalue weighted by molar-refractivity contribution is 0.249. The summed E-state index contributed by atoms with van der Waals surface area (Å²) in [5.74, 6) is 2.42. The number of anilines is 2. The van der Waals surface area contributed by atoms with E-state index in [4.69, 9.17) is 14.5 Å². The van der Waals surface area contributed by atoms with Gasteiger partial charge in [-0.05, 0) is 30.9 Å². The number of hydrogen-bond donors (Lipinski definition) is 2. The van der Waals surface area contributed by atoms with Gasteiger partial charge in [-0.2, -0.15) is 4.98 Å². The van der Waals surface area contributed by atoms with Crippen LogP contribution in [0.25, 0.3) is 11.0 Å². The van der Waals surface area contributed by atoms with Gasteiger partial charge in [0.1, 0.15) is 10.7 Å². The monoisotopic (exact) mass is 455 g/mol. The summed E-state index contributed by atoms with van der Waals surface area (Å²) in [6.07, 6.45) is 2.58. The quantitative estimate of drug-likeness (QED) is 0.584. The van der Waals surface area contributed by atoms with Crippen molar-refractivity contribution in [3.63, 3.8) is 0 Å².